The molecule has 0 aliphatic carbocycles. The number of carbonyl (C=O) groups excluding carboxylic acids is 2. The molecule has 0 rings (SSSR count). The fourth-order valence-electron chi connectivity index (χ4n) is 1.16. The predicted molar refractivity (Wildman–Crippen MR) is 68.3 cm³/mol. The SMILES string of the molecule is CC[C@@H](CCOC(=O)[C@H](C)NP)COC(C)=O. The minimum atomic E-state index is -0.325. The lowest BCUT2D eigenvalue weighted by Crippen LogP contribution is -2.29. The normalized spacial score (nSPS) is 13.9. The van der Waals surface area contributed by atoms with Crippen molar-refractivity contribution in [2.45, 2.75) is 39.7 Å². The molecule has 5 nitrogen and oxygen atoms in total. The lowest BCUT2D eigenvalue weighted by molar-refractivity contribution is -0.147. The first-order valence-electron chi connectivity index (χ1n) is 5.77. The second-order valence-corrected chi connectivity index (χ2v) is 4.25. The summed E-state index contributed by atoms with van der Waals surface area (Å²) >= 11 is 0. The van der Waals surface area contributed by atoms with Crippen molar-refractivity contribution >= 4 is 21.3 Å². The third-order valence-electron chi connectivity index (χ3n) is 2.47. The van der Waals surface area contributed by atoms with E-state index in [1.54, 1.807) is 6.92 Å². The Balaban J connectivity index is 3.76. The molecule has 0 aliphatic heterocycles. The van der Waals surface area contributed by atoms with E-state index in [0.29, 0.717) is 19.6 Å². The highest BCUT2D eigenvalue weighted by atomic mass is 31.0. The molecule has 0 amide bonds. The van der Waals surface area contributed by atoms with E-state index >= 15 is 0 Å². The van der Waals surface area contributed by atoms with Crippen LogP contribution in [0.4, 0.5) is 0 Å². The summed E-state index contributed by atoms with van der Waals surface area (Å²) in [5.41, 5.74) is 0. The van der Waals surface area contributed by atoms with Crippen molar-refractivity contribution in [1.82, 2.24) is 5.09 Å². The summed E-state index contributed by atoms with van der Waals surface area (Å²) in [5.74, 6) is -0.311. The summed E-state index contributed by atoms with van der Waals surface area (Å²) < 4.78 is 10.0. The minimum absolute atomic E-state index is 0.242. The van der Waals surface area contributed by atoms with E-state index in [1.165, 1.54) is 6.92 Å². The van der Waals surface area contributed by atoms with Crippen molar-refractivity contribution in [3.63, 3.8) is 0 Å². The van der Waals surface area contributed by atoms with Crippen molar-refractivity contribution in [2.24, 2.45) is 5.92 Å². The van der Waals surface area contributed by atoms with Crippen molar-refractivity contribution in [1.29, 1.82) is 0 Å². The smallest absolute Gasteiger partial charge is 0.323 e. The molecule has 0 radical (unpaired) electrons. The molecule has 0 aromatic heterocycles. The number of hydrogen-bond acceptors (Lipinski definition) is 5. The van der Waals surface area contributed by atoms with Crippen molar-refractivity contribution < 1.29 is 19.1 Å². The molecule has 100 valence electrons. The first-order chi connectivity index (χ1) is 8.01. The highest BCUT2D eigenvalue weighted by Gasteiger charge is 2.13. The van der Waals surface area contributed by atoms with Gasteiger partial charge in [-0.05, 0) is 25.7 Å². The zero-order valence-electron chi connectivity index (χ0n) is 10.7. The maximum absolute atomic E-state index is 11.3. The molecule has 0 fully saturated rings. The van der Waals surface area contributed by atoms with Gasteiger partial charge in [0.15, 0.2) is 0 Å². The molecule has 17 heavy (non-hydrogen) atoms. The third kappa shape index (κ3) is 8.11. The number of rotatable bonds is 8. The summed E-state index contributed by atoms with van der Waals surface area (Å²) in [6, 6.07) is -0.325. The van der Waals surface area contributed by atoms with Crippen molar-refractivity contribution in [3.05, 3.63) is 0 Å². The molecule has 0 saturated carbocycles. The van der Waals surface area contributed by atoms with Crippen LogP contribution in [-0.2, 0) is 19.1 Å². The topological polar surface area (TPSA) is 64.6 Å². The lowest BCUT2D eigenvalue weighted by Gasteiger charge is -2.15. The van der Waals surface area contributed by atoms with E-state index in [2.05, 4.69) is 14.5 Å². The van der Waals surface area contributed by atoms with Crippen molar-refractivity contribution in [3.8, 4) is 0 Å². The molecule has 6 heteroatoms. The van der Waals surface area contributed by atoms with Crippen LogP contribution in [-0.4, -0.2) is 31.2 Å². The average Bonchev–Trinajstić information content (AvgIpc) is 2.31. The first-order valence-corrected chi connectivity index (χ1v) is 6.35. The Morgan fingerprint density at radius 2 is 2.00 bits per heavy atom. The van der Waals surface area contributed by atoms with Gasteiger partial charge in [0.2, 0.25) is 0 Å². The summed E-state index contributed by atoms with van der Waals surface area (Å²) in [7, 11) is 2.28. The molecule has 0 heterocycles. The Morgan fingerprint density at radius 1 is 1.35 bits per heavy atom. The maximum atomic E-state index is 11.3. The van der Waals surface area contributed by atoms with Gasteiger partial charge in [-0.15, -0.1) is 0 Å². The Labute approximate surface area is 105 Å². The number of ether oxygens (including phenoxy) is 2. The third-order valence-corrected chi connectivity index (χ3v) is 2.97. The van der Waals surface area contributed by atoms with Gasteiger partial charge in [-0.2, -0.15) is 0 Å². The fourth-order valence-corrected chi connectivity index (χ4v) is 1.30. The lowest BCUT2D eigenvalue weighted by atomic mass is 10.0. The van der Waals surface area contributed by atoms with E-state index in [1.807, 2.05) is 6.92 Å². The van der Waals surface area contributed by atoms with Gasteiger partial charge in [0.05, 0.1) is 13.2 Å². The van der Waals surface area contributed by atoms with Gasteiger partial charge in [-0.1, -0.05) is 16.3 Å². The van der Waals surface area contributed by atoms with Gasteiger partial charge in [-0.3, -0.25) is 14.7 Å². The Bertz CT molecular complexity index is 248. The molecule has 0 aromatic carbocycles. The summed E-state index contributed by atoms with van der Waals surface area (Å²) in [6.45, 7) is 5.88. The Morgan fingerprint density at radius 3 is 2.47 bits per heavy atom. The summed E-state index contributed by atoms with van der Waals surface area (Å²) in [6.07, 6.45) is 1.60. The maximum Gasteiger partial charge on any atom is 0.323 e. The van der Waals surface area contributed by atoms with Crippen LogP contribution in [0.5, 0.6) is 0 Å². The number of nitrogens with one attached hydrogen (secondary N) is 1. The van der Waals surface area contributed by atoms with Crippen LogP contribution in [0.1, 0.15) is 33.6 Å². The molecule has 1 N–H and O–H groups in total. The van der Waals surface area contributed by atoms with E-state index in [0.717, 1.165) is 6.42 Å². The number of esters is 2. The van der Waals surface area contributed by atoms with Crippen LogP contribution in [0.2, 0.25) is 0 Å². The quantitative estimate of drug-likeness (QED) is 0.528. The number of hydrogen-bond donors (Lipinski definition) is 1. The highest BCUT2D eigenvalue weighted by Crippen LogP contribution is 2.09. The standard InChI is InChI=1S/C11H22NO4P/c1-4-10(7-16-9(3)13)5-6-15-11(14)8(2)12-17/h8,10,12H,4-7,17H2,1-3H3/t8-,10-/m0/s1. The molecular formula is C11H22NO4P. The van der Waals surface area contributed by atoms with Crippen LogP contribution in [0, 0.1) is 5.92 Å². The van der Waals surface area contributed by atoms with Crippen molar-refractivity contribution in [2.75, 3.05) is 13.2 Å². The molecule has 1 unspecified atom stereocenters. The van der Waals surface area contributed by atoms with Crippen LogP contribution >= 0.6 is 9.39 Å². The monoisotopic (exact) mass is 263 g/mol. The molecule has 0 aliphatic rings. The Hall–Kier alpha value is -0.670. The van der Waals surface area contributed by atoms with Crippen LogP contribution in [0.3, 0.4) is 0 Å². The molecule has 0 bridgehead atoms. The molecule has 0 aromatic rings. The van der Waals surface area contributed by atoms with Gasteiger partial charge >= 0.3 is 11.9 Å². The van der Waals surface area contributed by atoms with E-state index < -0.39 is 0 Å². The largest absolute Gasteiger partial charge is 0.466 e. The van der Waals surface area contributed by atoms with E-state index in [4.69, 9.17) is 9.47 Å². The average molecular weight is 263 g/mol. The second kappa shape index (κ2) is 9.37. The Kier molecular flexibility index (Phi) is 9.00. The fraction of sp³-hybridized carbons (Fsp3) is 0.818. The van der Waals surface area contributed by atoms with Crippen LogP contribution < -0.4 is 5.09 Å². The summed E-state index contributed by atoms with van der Waals surface area (Å²) in [5, 5.41) is 2.73. The minimum Gasteiger partial charge on any atom is -0.466 e. The molecule has 0 saturated heterocycles. The highest BCUT2D eigenvalue weighted by molar-refractivity contribution is 7.13. The van der Waals surface area contributed by atoms with Gasteiger partial charge < -0.3 is 9.47 Å². The molecular weight excluding hydrogens is 241 g/mol. The summed E-state index contributed by atoms with van der Waals surface area (Å²) in [4.78, 5) is 22.0. The van der Waals surface area contributed by atoms with Gasteiger partial charge in [0, 0.05) is 6.92 Å². The van der Waals surface area contributed by atoms with Gasteiger partial charge in [0.1, 0.15) is 6.04 Å². The first kappa shape index (κ1) is 16.3. The van der Waals surface area contributed by atoms with Gasteiger partial charge in [-0.25, -0.2) is 0 Å². The van der Waals surface area contributed by atoms with E-state index in [-0.39, 0.29) is 23.9 Å². The van der Waals surface area contributed by atoms with Crippen LogP contribution in [0.15, 0.2) is 0 Å². The zero-order chi connectivity index (χ0) is 13.3. The van der Waals surface area contributed by atoms with E-state index in [9.17, 15) is 9.59 Å². The second-order valence-electron chi connectivity index (χ2n) is 3.92. The zero-order valence-corrected chi connectivity index (χ0v) is 11.8. The van der Waals surface area contributed by atoms with Crippen LogP contribution in [0.25, 0.3) is 0 Å². The molecule has 0 spiro atoms. The predicted octanol–water partition coefficient (Wildman–Crippen LogP) is 1.28. The number of carbonyl (C=O) groups is 2. The molecule has 3 atom stereocenters. The van der Waals surface area contributed by atoms with Gasteiger partial charge in [0.25, 0.3) is 0 Å².